The van der Waals surface area contributed by atoms with Crippen molar-refractivity contribution in [3.63, 3.8) is 0 Å². The Morgan fingerprint density at radius 2 is 1.88 bits per heavy atom. The molecule has 0 N–H and O–H groups in total. The predicted octanol–water partition coefficient (Wildman–Crippen LogP) is 3.64. The van der Waals surface area contributed by atoms with Gasteiger partial charge in [-0.25, -0.2) is 18.7 Å². The Bertz CT molecular complexity index is 757. The fourth-order valence-electron chi connectivity index (χ4n) is 3.30. The number of ketones is 1. The number of hydrogen-bond donors (Lipinski definition) is 0. The van der Waals surface area contributed by atoms with Crippen molar-refractivity contribution in [1.82, 2.24) is 9.97 Å². The van der Waals surface area contributed by atoms with E-state index in [0.29, 0.717) is 55.8 Å². The molecule has 132 valence electrons. The number of rotatable bonds is 5. The fraction of sp³-hybridized carbons (Fsp3) is 0.421. The molecule has 25 heavy (non-hydrogen) atoms. The van der Waals surface area contributed by atoms with Gasteiger partial charge in [-0.3, -0.25) is 4.79 Å². The third kappa shape index (κ3) is 3.74. The highest BCUT2D eigenvalue weighted by Gasteiger charge is 2.38. The summed E-state index contributed by atoms with van der Waals surface area (Å²) >= 11 is 0. The normalized spacial score (nSPS) is 16.6. The van der Waals surface area contributed by atoms with Crippen molar-refractivity contribution in [3.8, 4) is 0 Å². The quantitative estimate of drug-likeness (QED) is 0.776. The molecule has 0 radical (unpaired) electrons. The largest absolute Gasteiger partial charge is 0.381 e. The van der Waals surface area contributed by atoms with Crippen LogP contribution in [-0.4, -0.2) is 29.0 Å². The van der Waals surface area contributed by atoms with E-state index in [0.717, 1.165) is 12.1 Å². The second-order valence-electron chi connectivity index (χ2n) is 6.36. The van der Waals surface area contributed by atoms with E-state index in [2.05, 4.69) is 9.97 Å². The number of benzene rings is 1. The molecular formula is C19H20F2N2O2. The number of Topliss-reactive ketones (excluding diaryl/α,β-unsaturated/α-hetero) is 1. The summed E-state index contributed by atoms with van der Waals surface area (Å²) in [7, 11) is 0. The Balaban J connectivity index is 1.94. The molecule has 0 unspecified atom stereocenters. The summed E-state index contributed by atoms with van der Waals surface area (Å²) in [4.78, 5) is 20.2. The van der Waals surface area contributed by atoms with Crippen LogP contribution in [0.15, 0.2) is 30.6 Å². The fourth-order valence-corrected chi connectivity index (χ4v) is 3.30. The number of aromatic nitrogens is 2. The molecule has 1 saturated heterocycles. The van der Waals surface area contributed by atoms with Crippen LogP contribution in [0.25, 0.3) is 0 Å². The molecule has 1 aliphatic rings. The lowest BCUT2D eigenvalue weighted by molar-refractivity contribution is 0.0480. The van der Waals surface area contributed by atoms with Gasteiger partial charge in [-0.15, -0.1) is 0 Å². The molecule has 6 heteroatoms. The number of halogens is 2. The smallest absolute Gasteiger partial charge is 0.165 e. The van der Waals surface area contributed by atoms with E-state index in [1.807, 2.05) is 0 Å². The average molecular weight is 346 g/mol. The molecule has 0 amide bonds. The second kappa shape index (κ2) is 7.35. The van der Waals surface area contributed by atoms with E-state index in [9.17, 15) is 13.6 Å². The summed E-state index contributed by atoms with van der Waals surface area (Å²) in [5.74, 6) is -0.408. The van der Waals surface area contributed by atoms with Gasteiger partial charge in [-0.2, -0.15) is 0 Å². The van der Waals surface area contributed by atoms with Gasteiger partial charge in [-0.1, -0.05) is 6.92 Å². The molecule has 4 nitrogen and oxygen atoms in total. The molecule has 0 saturated carbocycles. The zero-order valence-electron chi connectivity index (χ0n) is 14.1. The molecule has 1 aliphatic heterocycles. The zero-order valence-corrected chi connectivity index (χ0v) is 14.1. The monoisotopic (exact) mass is 346 g/mol. The van der Waals surface area contributed by atoms with Crippen LogP contribution in [0.3, 0.4) is 0 Å². The van der Waals surface area contributed by atoms with Crippen molar-refractivity contribution in [2.75, 3.05) is 13.2 Å². The van der Waals surface area contributed by atoms with Gasteiger partial charge in [0.15, 0.2) is 5.78 Å². The van der Waals surface area contributed by atoms with E-state index in [1.54, 1.807) is 6.92 Å². The van der Waals surface area contributed by atoms with Crippen molar-refractivity contribution in [2.45, 2.75) is 38.0 Å². The van der Waals surface area contributed by atoms with Crippen LogP contribution in [0.2, 0.25) is 0 Å². The third-order valence-corrected chi connectivity index (χ3v) is 4.79. The van der Waals surface area contributed by atoms with Gasteiger partial charge in [-0.05, 0) is 36.6 Å². The molecule has 1 aromatic carbocycles. The lowest BCUT2D eigenvalue weighted by Gasteiger charge is -2.37. The summed E-state index contributed by atoms with van der Waals surface area (Å²) in [5, 5.41) is 0. The minimum atomic E-state index is -0.610. The Morgan fingerprint density at radius 1 is 1.20 bits per heavy atom. The molecule has 1 fully saturated rings. The van der Waals surface area contributed by atoms with Crippen molar-refractivity contribution >= 4 is 5.78 Å². The molecule has 2 heterocycles. The number of nitrogens with zero attached hydrogens (tertiary/aromatic N) is 2. The molecule has 3 rings (SSSR count). The van der Waals surface area contributed by atoms with E-state index in [-0.39, 0.29) is 5.78 Å². The average Bonchev–Trinajstić information content (AvgIpc) is 2.64. The number of carbonyl (C=O) groups is 1. The highest BCUT2D eigenvalue weighted by atomic mass is 19.1. The van der Waals surface area contributed by atoms with E-state index in [1.165, 1.54) is 18.5 Å². The number of carbonyl (C=O) groups excluding carboxylic acids is 1. The number of ether oxygens (including phenoxy) is 1. The molecule has 0 spiro atoms. The van der Waals surface area contributed by atoms with Gasteiger partial charge in [0, 0.05) is 43.9 Å². The minimum Gasteiger partial charge on any atom is -0.381 e. The first-order valence-corrected chi connectivity index (χ1v) is 8.41. The van der Waals surface area contributed by atoms with Gasteiger partial charge >= 0.3 is 0 Å². The Morgan fingerprint density at radius 3 is 2.52 bits per heavy atom. The highest BCUT2D eigenvalue weighted by Crippen LogP contribution is 2.39. The molecule has 1 aromatic heterocycles. The first-order chi connectivity index (χ1) is 12.0. The summed E-state index contributed by atoms with van der Waals surface area (Å²) in [6.07, 6.45) is 4.89. The lowest BCUT2D eigenvalue weighted by atomic mass is 9.71. The summed E-state index contributed by atoms with van der Waals surface area (Å²) in [5.41, 5.74) is 0.193. The standard InChI is InChI=1S/C19H20F2N2O2/c1-2-17(24)13-11-22-18(23-12-13)10-19(5-7-25-8-6-19)15-9-14(20)3-4-16(15)21/h3-4,9,11-12H,2,5-8,10H2,1H3. The maximum atomic E-state index is 14.4. The van der Waals surface area contributed by atoms with Crippen molar-refractivity contribution < 1.29 is 18.3 Å². The maximum Gasteiger partial charge on any atom is 0.165 e. The van der Waals surface area contributed by atoms with Crippen molar-refractivity contribution in [1.29, 1.82) is 0 Å². The van der Waals surface area contributed by atoms with Crippen molar-refractivity contribution in [2.24, 2.45) is 0 Å². The lowest BCUT2D eigenvalue weighted by Crippen LogP contribution is -2.37. The minimum absolute atomic E-state index is 0.0245. The number of hydrogen-bond acceptors (Lipinski definition) is 4. The van der Waals surface area contributed by atoms with Crippen LogP contribution < -0.4 is 0 Å². The van der Waals surface area contributed by atoms with Gasteiger partial charge in [0.05, 0.1) is 5.56 Å². The summed E-state index contributed by atoms with van der Waals surface area (Å²) in [6.45, 7) is 2.73. The van der Waals surface area contributed by atoms with E-state index in [4.69, 9.17) is 4.74 Å². The Labute approximate surface area is 145 Å². The molecule has 0 aliphatic carbocycles. The van der Waals surface area contributed by atoms with E-state index < -0.39 is 17.0 Å². The molecule has 0 bridgehead atoms. The maximum absolute atomic E-state index is 14.4. The zero-order chi connectivity index (χ0) is 17.9. The highest BCUT2D eigenvalue weighted by molar-refractivity contribution is 5.95. The summed E-state index contributed by atoms with van der Waals surface area (Å²) < 4.78 is 33.6. The Kier molecular flexibility index (Phi) is 5.18. The van der Waals surface area contributed by atoms with Gasteiger partial charge < -0.3 is 4.74 Å². The molecule has 2 aromatic rings. The van der Waals surface area contributed by atoms with Gasteiger partial charge in [0.2, 0.25) is 0 Å². The van der Waals surface area contributed by atoms with Gasteiger partial charge in [0.25, 0.3) is 0 Å². The first kappa shape index (κ1) is 17.6. The van der Waals surface area contributed by atoms with Crippen LogP contribution >= 0.6 is 0 Å². The topological polar surface area (TPSA) is 52.1 Å². The Hall–Kier alpha value is -2.21. The summed E-state index contributed by atoms with van der Waals surface area (Å²) in [6, 6.07) is 3.54. The SMILES string of the molecule is CCC(=O)c1cnc(CC2(c3cc(F)ccc3F)CCOCC2)nc1. The van der Waals surface area contributed by atoms with Crippen LogP contribution in [-0.2, 0) is 16.6 Å². The van der Waals surface area contributed by atoms with Crippen LogP contribution in [0.4, 0.5) is 8.78 Å². The third-order valence-electron chi connectivity index (χ3n) is 4.79. The molecular weight excluding hydrogens is 326 g/mol. The predicted molar refractivity (Wildman–Crippen MR) is 88.4 cm³/mol. The first-order valence-electron chi connectivity index (χ1n) is 8.41. The van der Waals surface area contributed by atoms with Crippen LogP contribution in [0.1, 0.15) is 47.9 Å². The van der Waals surface area contributed by atoms with Gasteiger partial charge in [0.1, 0.15) is 17.5 Å². The molecule has 0 atom stereocenters. The second-order valence-corrected chi connectivity index (χ2v) is 6.36. The van der Waals surface area contributed by atoms with Crippen LogP contribution in [0, 0.1) is 11.6 Å². The van der Waals surface area contributed by atoms with E-state index >= 15 is 0 Å². The van der Waals surface area contributed by atoms with Crippen LogP contribution in [0.5, 0.6) is 0 Å². The van der Waals surface area contributed by atoms with Crippen molar-refractivity contribution in [3.05, 3.63) is 59.2 Å².